The number of nitrogens with zero attached hydrogens (tertiary/aromatic N) is 3. The highest BCUT2D eigenvalue weighted by molar-refractivity contribution is 5.93. The van der Waals surface area contributed by atoms with Crippen molar-refractivity contribution in [2.24, 2.45) is 0 Å². The van der Waals surface area contributed by atoms with Gasteiger partial charge >= 0.3 is 5.97 Å². The van der Waals surface area contributed by atoms with Crippen LogP contribution < -0.4 is 4.90 Å². The van der Waals surface area contributed by atoms with Gasteiger partial charge in [-0.1, -0.05) is 0 Å². The Balaban J connectivity index is 1.66. The molecule has 0 N–H and O–H groups in total. The molecule has 3 rings (SSSR count). The van der Waals surface area contributed by atoms with Crippen molar-refractivity contribution in [2.45, 2.75) is 45.1 Å². The lowest BCUT2D eigenvalue weighted by atomic mass is 10.0. The first kappa shape index (κ1) is 19.1. The van der Waals surface area contributed by atoms with E-state index in [0.29, 0.717) is 12.2 Å². The molecule has 0 aliphatic carbocycles. The van der Waals surface area contributed by atoms with Gasteiger partial charge in [0, 0.05) is 31.7 Å². The highest BCUT2D eigenvalue weighted by Crippen LogP contribution is 2.31. The Labute approximate surface area is 158 Å². The number of anilines is 1. The molecule has 2 aliphatic heterocycles. The van der Waals surface area contributed by atoms with Gasteiger partial charge in [0.05, 0.1) is 10.5 Å². The fourth-order valence-electron chi connectivity index (χ4n) is 3.78. The van der Waals surface area contributed by atoms with Gasteiger partial charge in [-0.2, -0.15) is 0 Å². The molecule has 8 nitrogen and oxygen atoms in total. The zero-order valence-corrected chi connectivity index (χ0v) is 15.6. The van der Waals surface area contributed by atoms with Crippen molar-refractivity contribution in [3.05, 3.63) is 33.9 Å². The minimum atomic E-state index is -0.718. The van der Waals surface area contributed by atoms with Gasteiger partial charge in [0.25, 0.3) is 11.6 Å². The van der Waals surface area contributed by atoms with E-state index in [9.17, 15) is 19.7 Å². The van der Waals surface area contributed by atoms with Crippen LogP contribution in [0.2, 0.25) is 0 Å². The molecule has 0 radical (unpaired) electrons. The SMILES string of the molecule is C[C@H]1CCCCN1C(=O)COC(=O)c1ccc(N2CCCC2)c([N+](=O)[O-])c1. The minimum Gasteiger partial charge on any atom is -0.452 e. The van der Waals surface area contributed by atoms with Gasteiger partial charge < -0.3 is 14.5 Å². The topological polar surface area (TPSA) is 93.0 Å². The summed E-state index contributed by atoms with van der Waals surface area (Å²) in [6, 6.07) is 4.50. The van der Waals surface area contributed by atoms with Crippen LogP contribution in [0.4, 0.5) is 11.4 Å². The largest absolute Gasteiger partial charge is 0.452 e. The maximum absolute atomic E-state index is 12.3. The molecule has 2 fully saturated rings. The van der Waals surface area contributed by atoms with Crippen LogP contribution in [0.1, 0.15) is 49.4 Å². The van der Waals surface area contributed by atoms with Crippen LogP contribution in [-0.4, -0.2) is 54.0 Å². The molecule has 146 valence electrons. The van der Waals surface area contributed by atoms with Crippen molar-refractivity contribution in [3.63, 3.8) is 0 Å². The van der Waals surface area contributed by atoms with Crippen molar-refractivity contribution in [1.82, 2.24) is 4.90 Å². The van der Waals surface area contributed by atoms with Crippen LogP contribution in [0.15, 0.2) is 18.2 Å². The highest BCUT2D eigenvalue weighted by Gasteiger charge is 2.26. The molecule has 27 heavy (non-hydrogen) atoms. The highest BCUT2D eigenvalue weighted by atomic mass is 16.6. The predicted octanol–water partition coefficient (Wildman–Crippen LogP) is 2.75. The smallest absolute Gasteiger partial charge is 0.338 e. The van der Waals surface area contributed by atoms with Gasteiger partial charge in [-0.15, -0.1) is 0 Å². The molecule has 1 aromatic carbocycles. The summed E-state index contributed by atoms with van der Waals surface area (Å²) in [6.45, 7) is 3.86. The Bertz CT molecular complexity index is 730. The van der Waals surface area contributed by atoms with Gasteiger partial charge in [0.2, 0.25) is 0 Å². The Hall–Kier alpha value is -2.64. The van der Waals surface area contributed by atoms with E-state index in [-0.39, 0.29) is 29.8 Å². The van der Waals surface area contributed by atoms with Crippen molar-refractivity contribution in [1.29, 1.82) is 0 Å². The summed E-state index contributed by atoms with van der Waals surface area (Å²) in [5.74, 6) is -0.942. The summed E-state index contributed by atoms with van der Waals surface area (Å²) in [5.41, 5.74) is 0.499. The predicted molar refractivity (Wildman–Crippen MR) is 99.9 cm³/mol. The molecule has 1 atom stereocenters. The molecule has 2 heterocycles. The number of piperidine rings is 1. The molecule has 1 aromatic rings. The molecule has 0 saturated carbocycles. The lowest BCUT2D eigenvalue weighted by Crippen LogP contribution is -2.44. The van der Waals surface area contributed by atoms with E-state index in [2.05, 4.69) is 0 Å². The van der Waals surface area contributed by atoms with E-state index in [1.807, 2.05) is 11.8 Å². The Kier molecular flexibility index (Phi) is 5.93. The third-order valence-electron chi connectivity index (χ3n) is 5.30. The number of nitro groups is 1. The summed E-state index contributed by atoms with van der Waals surface area (Å²) >= 11 is 0. The average Bonchev–Trinajstić information content (AvgIpc) is 3.20. The number of carbonyl (C=O) groups excluding carboxylic acids is 2. The van der Waals surface area contributed by atoms with Gasteiger partial charge in [-0.25, -0.2) is 4.79 Å². The molecule has 0 bridgehead atoms. The molecule has 1 amide bonds. The van der Waals surface area contributed by atoms with Gasteiger partial charge in [-0.3, -0.25) is 14.9 Å². The first-order chi connectivity index (χ1) is 13.0. The fraction of sp³-hybridized carbons (Fsp3) is 0.579. The molecule has 8 heteroatoms. The summed E-state index contributed by atoms with van der Waals surface area (Å²) in [5, 5.41) is 11.4. The number of hydrogen-bond donors (Lipinski definition) is 0. The number of hydrogen-bond acceptors (Lipinski definition) is 6. The zero-order chi connectivity index (χ0) is 19.4. The third-order valence-corrected chi connectivity index (χ3v) is 5.30. The second kappa shape index (κ2) is 8.37. The summed E-state index contributed by atoms with van der Waals surface area (Å²) in [7, 11) is 0. The second-order valence-corrected chi connectivity index (χ2v) is 7.16. The van der Waals surface area contributed by atoms with Crippen molar-refractivity contribution in [2.75, 3.05) is 31.1 Å². The summed E-state index contributed by atoms with van der Waals surface area (Å²) in [4.78, 5) is 39.2. The van der Waals surface area contributed by atoms with E-state index in [1.165, 1.54) is 12.1 Å². The van der Waals surface area contributed by atoms with Crippen molar-refractivity contribution in [3.8, 4) is 0 Å². The van der Waals surface area contributed by atoms with Crippen LogP contribution in [-0.2, 0) is 9.53 Å². The molecule has 2 aliphatic rings. The van der Waals surface area contributed by atoms with Crippen LogP contribution in [0.3, 0.4) is 0 Å². The number of esters is 1. The Morgan fingerprint density at radius 3 is 2.56 bits per heavy atom. The van der Waals surface area contributed by atoms with E-state index in [0.717, 1.165) is 45.2 Å². The fourth-order valence-corrected chi connectivity index (χ4v) is 3.78. The van der Waals surface area contributed by atoms with Crippen LogP contribution in [0.25, 0.3) is 0 Å². The lowest BCUT2D eigenvalue weighted by Gasteiger charge is -2.33. The number of rotatable bonds is 5. The molecule has 2 saturated heterocycles. The van der Waals surface area contributed by atoms with E-state index in [1.54, 1.807) is 11.0 Å². The maximum Gasteiger partial charge on any atom is 0.338 e. The summed E-state index contributed by atoms with van der Waals surface area (Å²) in [6.07, 6.45) is 4.99. The average molecular weight is 375 g/mol. The van der Waals surface area contributed by atoms with E-state index in [4.69, 9.17) is 4.74 Å². The van der Waals surface area contributed by atoms with Crippen molar-refractivity contribution < 1.29 is 19.2 Å². The molecule has 0 aromatic heterocycles. The number of benzene rings is 1. The van der Waals surface area contributed by atoms with Crippen LogP contribution in [0, 0.1) is 10.1 Å². The van der Waals surface area contributed by atoms with Gasteiger partial charge in [0.1, 0.15) is 5.69 Å². The maximum atomic E-state index is 12.3. The van der Waals surface area contributed by atoms with Gasteiger partial charge in [0.15, 0.2) is 6.61 Å². The Morgan fingerprint density at radius 2 is 1.89 bits per heavy atom. The van der Waals surface area contributed by atoms with Crippen LogP contribution >= 0.6 is 0 Å². The molecule has 0 spiro atoms. The summed E-state index contributed by atoms with van der Waals surface area (Å²) < 4.78 is 5.13. The first-order valence-corrected chi connectivity index (χ1v) is 9.47. The van der Waals surface area contributed by atoms with E-state index < -0.39 is 10.9 Å². The monoisotopic (exact) mass is 375 g/mol. The number of likely N-dealkylation sites (tertiary alicyclic amines) is 1. The molecule has 0 unspecified atom stereocenters. The Morgan fingerprint density at radius 1 is 1.19 bits per heavy atom. The van der Waals surface area contributed by atoms with Crippen molar-refractivity contribution >= 4 is 23.3 Å². The quantitative estimate of drug-likeness (QED) is 0.446. The number of ether oxygens (including phenoxy) is 1. The molecular weight excluding hydrogens is 350 g/mol. The number of amides is 1. The molecular formula is C19H25N3O5. The first-order valence-electron chi connectivity index (χ1n) is 9.47. The third kappa shape index (κ3) is 4.37. The number of nitro benzene ring substituents is 1. The van der Waals surface area contributed by atoms with Crippen LogP contribution in [0.5, 0.6) is 0 Å². The lowest BCUT2D eigenvalue weighted by molar-refractivity contribution is -0.384. The number of carbonyl (C=O) groups is 2. The normalized spacial score (nSPS) is 19.8. The van der Waals surface area contributed by atoms with Gasteiger partial charge in [-0.05, 0) is 51.2 Å². The standard InChI is InChI=1S/C19H25N3O5/c1-14-6-2-3-11-21(14)18(23)13-27-19(24)15-7-8-16(17(12-15)22(25)26)20-9-4-5-10-20/h7-8,12,14H,2-6,9-11,13H2,1H3/t14-/m0/s1. The second-order valence-electron chi connectivity index (χ2n) is 7.16. The van der Waals surface area contributed by atoms with E-state index >= 15 is 0 Å². The minimum absolute atomic E-state index is 0.0872. The zero-order valence-electron chi connectivity index (χ0n) is 15.6.